The molecule has 3 aliphatic heterocycles. The second-order valence-electron chi connectivity index (χ2n) is 12.7. The number of carbonyl (C=O) groups is 1. The Morgan fingerprint density at radius 2 is 1.90 bits per heavy atom. The van der Waals surface area contributed by atoms with E-state index in [4.69, 9.17) is 13.9 Å². The Morgan fingerprint density at radius 1 is 1.12 bits per heavy atom. The fraction of sp³-hybridized carbons (Fsp3) is 0.516. The largest absolute Gasteiger partial charge is 0.595 e. The molecule has 4 aliphatic rings. The van der Waals surface area contributed by atoms with Crippen molar-refractivity contribution in [1.82, 2.24) is 9.47 Å². The van der Waals surface area contributed by atoms with Gasteiger partial charge in [0.2, 0.25) is 5.69 Å². The van der Waals surface area contributed by atoms with Crippen LogP contribution in [0.15, 0.2) is 32.2 Å². The van der Waals surface area contributed by atoms with Crippen molar-refractivity contribution in [1.29, 1.82) is 0 Å². The lowest BCUT2D eigenvalue weighted by atomic mass is 9.83. The number of piperidine rings is 1. The number of amides is 1. The van der Waals surface area contributed by atoms with Crippen LogP contribution in [0, 0.1) is 11.1 Å². The van der Waals surface area contributed by atoms with Gasteiger partial charge >= 0.3 is 11.2 Å². The Balaban J connectivity index is 1.18. The van der Waals surface area contributed by atoms with E-state index < -0.39 is 10.8 Å². The molecule has 1 aromatic carbocycles. The minimum Gasteiger partial charge on any atom is -0.595 e. The van der Waals surface area contributed by atoms with E-state index in [1.54, 1.807) is 15.5 Å². The maximum atomic E-state index is 13.5. The van der Waals surface area contributed by atoms with E-state index in [-0.39, 0.29) is 41.3 Å². The minimum atomic E-state index is -1.23. The van der Waals surface area contributed by atoms with Gasteiger partial charge in [0, 0.05) is 54.5 Å². The summed E-state index contributed by atoms with van der Waals surface area (Å²) >= 11 is 0. The van der Waals surface area contributed by atoms with E-state index in [1.807, 2.05) is 19.9 Å². The molecule has 11 nitrogen and oxygen atoms in total. The predicted octanol–water partition coefficient (Wildman–Crippen LogP) is 2.37. The number of ether oxygens (including phenoxy) is 2. The van der Waals surface area contributed by atoms with Crippen LogP contribution in [0.2, 0.25) is 0 Å². The zero-order valence-electron chi connectivity index (χ0n) is 23.9. The third kappa shape index (κ3) is 4.50. The molecule has 1 saturated heterocycles. The molecule has 11 heteroatoms. The van der Waals surface area contributed by atoms with Gasteiger partial charge in [-0.3, -0.25) is 9.59 Å². The summed E-state index contributed by atoms with van der Waals surface area (Å²) in [6.45, 7) is 5.13. The molecule has 42 heavy (non-hydrogen) atoms. The number of nitrogens with one attached hydrogen (secondary N) is 1. The molecule has 1 amide bonds. The third-order valence-electron chi connectivity index (χ3n) is 9.42. The Morgan fingerprint density at radius 3 is 2.69 bits per heavy atom. The fourth-order valence-electron chi connectivity index (χ4n) is 7.37. The number of rotatable bonds is 4. The van der Waals surface area contributed by atoms with E-state index in [1.165, 1.54) is 6.07 Å². The van der Waals surface area contributed by atoms with Gasteiger partial charge < -0.3 is 28.6 Å². The maximum Gasteiger partial charge on any atom is 0.339 e. The van der Waals surface area contributed by atoms with Crippen LogP contribution in [-0.2, 0) is 30.6 Å². The lowest BCUT2D eigenvalue weighted by Crippen LogP contribution is -3.00. The monoisotopic (exact) mass is 577 g/mol. The number of hydrogen-bond donors (Lipinski definition) is 2. The Hall–Kier alpha value is -3.67. The van der Waals surface area contributed by atoms with Crippen LogP contribution in [-0.4, -0.2) is 45.9 Å². The van der Waals surface area contributed by atoms with Crippen molar-refractivity contribution >= 4 is 22.6 Å². The fourth-order valence-corrected chi connectivity index (χ4v) is 7.37. The van der Waals surface area contributed by atoms with Gasteiger partial charge in [0.25, 0.3) is 5.91 Å². The molecule has 2 unspecified atom stereocenters. The highest BCUT2D eigenvalue weighted by molar-refractivity contribution is 5.93. The lowest BCUT2D eigenvalue weighted by molar-refractivity contribution is -0.992. The molecule has 0 spiro atoms. The minimum absolute atomic E-state index is 0.0449. The van der Waals surface area contributed by atoms with E-state index in [2.05, 4.69) is 0 Å². The van der Waals surface area contributed by atoms with Crippen molar-refractivity contribution < 1.29 is 29.1 Å². The number of fused-ring (bicyclic) bond motifs is 9. The van der Waals surface area contributed by atoms with Gasteiger partial charge in [-0.05, 0) is 76.3 Å². The van der Waals surface area contributed by atoms with E-state index in [9.17, 15) is 24.8 Å². The van der Waals surface area contributed by atoms with E-state index >= 15 is 0 Å². The molecular formula is C31H35N3O8. The number of likely N-dealkylation sites (tertiary alicyclic amines) is 1. The number of benzene rings is 1. The van der Waals surface area contributed by atoms with Gasteiger partial charge in [0.1, 0.15) is 22.7 Å². The quantitative estimate of drug-likeness (QED) is 0.356. The first kappa shape index (κ1) is 27.2. The van der Waals surface area contributed by atoms with Gasteiger partial charge in [-0.25, -0.2) is 10.0 Å². The molecule has 3 atom stereocenters. The number of aryl methyl sites for hydroxylation is 2. The van der Waals surface area contributed by atoms with Gasteiger partial charge in [0.15, 0.2) is 6.61 Å². The highest BCUT2D eigenvalue weighted by atomic mass is 16.8. The summed E-state index contributed by atoms with van der Waals surface area (Å²) < 4.78 is 20.1. The van der Waals surface area contributed by atoms with Crippen LogP contribution in [0.1, 0.15) is 67.8 Å². The molecule has 5 heterocycles. The number of aromatic nitrogens is 1. The summed E-state index contributed by atoms with van der Waals surface area (Å²) in [6, 6.07) is 4.92. The molecular weight excluding hydrogens is 542 g/mol. The average molecular weight is 578 g/mol. The highest BCUT2D eigenvalue weighted by Crippen LogP contribution is 2.44. The summed E-state index contributed by atoms with van der Waals surface area (Å²) in [7, 11) is 0. The molecule has 1 fully saturated rings. The second-order valence-corrected chi connectivity index (χ2v) is 12.7. The first-order valence-corrected chi connectivity index (χ1v) is 14.8. The molecule has 222 valence electrons. The zero-order chi connectivity index (χ0) is 29.3. The maximum absolute atomic E-state index is 13.5. The van der Waals surface area contributed by atoms with Crippen LogP contribution in [0.5, 0.6) is 11.5 Å². The summed E-state index contributed by atoms with van der Waals surface area (Å²) in [5, 5.41) is 20.4. The van der Waals surface area contributed by atoms with Crippen molar-refractivity contribution in [2.75, 3.05) is 19.7 Å². The summed E-state index contributed by atoms with van der Waals surface area (Å²) in [4.78, 5) is 41.1. The summed E-state index contributed by atoms with van der Waals surface area (Å²) in [5.74, 6) is 0.936. The standard InChI is InChI=1S/C31H35N3O8/c1-31(2)10-9-21-24(42-31)12-25(27-19-5-3-4-6-20(19)30(37)41-28(21)27)40-16-26(35)32-13-17-11-18(15-32)22-7-8-23(34(38)39)29(36)33(22)14-17/h7-8,12,17-18,34,38H,3-6,9-11,13-16H2,1-2H3/t17-,18?/m0/s1. The van der Waals surface area contributed by atoms with Crippen molar-refractivity contribution in [3.05, 3.63) is 66.6 Å². The number of quaternary nitrogens is 1. The van der Waals surface area contributed by atoms with Crippen LogP contribution < -0.4 is 25.9 Å². The predicted molar refractivity (Wildman–Crippen MR) is 152 cm³/mol. The Labute approximate surface area is 241 Å². The molecule has 2 bridgehead atoms. The van der Waals surface area contributed by atoms with E-state index in [0.717, 1.165) is 60.7 Å². The SMILES string of the molecule is CC1(C)CCc2c(cc(OCC(=O)N3CC4C[C@@H](C3)Cn3c4ccc([NH+]([O-])O)c3=O)c3c4c(c(=O)oc23)CCCC4)O1. The molecule has 3 aromatic rings. The average Bonchev–Trinajstić information content (AvgIpc) is 2.95. The molecule has 2 N–H and O–H groups in total. The summed E-state index contributed by atoms with van der Waals surface area (Å²) in [5.41, 5.74) is 2.40. The Bertz CT molecular complexity index is 1720. The first-order chi connectivity index (χ1) is 20.1. The van der Waals surface area contributed by atoms with Crippen LogP contribution in [0.4, 0.5) is 5.69 Å². The third-order valence-corrected chi connectivity index (χ3v) is 9.42. The van der Waals surface area contributed by atoms with Gasteiger partial charge in [0.05, 0.1) is 5.39 Å². The van der Waals surface area contributed by atoms with Crippen molar-refractivity contribution in [2.45, 2.75) is 76.9 Å². The normalized spacial score (nSPS) is 22.9. The lowest BCUT2D eigenvalue weighted by Gasteiger charge is -2.42. The van der Waals surface area contributed by atoms with Gasteiger partial charge in [-0.1, -0.05) is 0 Å². The van der Waals surface area contributed by atoms with Crippen molar-refractivity contribution in [3.63, 3.8) is 0 Å². The van der Waals surface area contributed by atoms with Crippen molar-refractivity contribution in [2.24, 2.45) is 5.92 Å². The van der Waals surface area contributed by atoms with Crippen LogP contribution >= 0.6 is 0 Å². The first-order valence-electron chi connectivity index (χ1n) is 14.8. The molecule has 1 aliphatic carbocycles. The van der Waals surface area contributed by atoms with Crippen LogP contribution in [0.25, 0.3) is 11.0 Å². The number of hydrogen-bond acceptors (Lipinski definition) is 8. The second kappa shape index (κ2) is 9.96. The van der Waals surface area contributed by atoms with Crippen LogP contribution in [0.3, 0.4) is 0 Å². The molecule has 2 aromatic heterocycles. The molecule has 0 radical (unpaired) electrons. The molecule has 7 rings (SSSR count). The highest BCUT2D eigenvalue weighted by Gasteiger charge is 2.38. The van der Waals surface area contributed by atoms with Crippen molar-refractivity contribution in [3.8, 4) is 11.5 Å². The number of pyridine rings is 1. The van der Waals surface area contributed by atoms with Gasteiger partial charge in [-0.15, -0.1) is 0 Å². The smallest absolute Gasteiger partial charge is 0.339 e. The summed E-state index contributed by atoms with van der Waals surface area (Å²) in [6.07, 6.45) is 5.67. The van der Waals surface area contributed by atoms with E-state index in [0.29, 0.717) is 48.7 Å². The Kier molecular flexibility index (Phi) is 6.45. The molecule has 0 saturated carbocycles. The zero-order valence-corrected chi connectivity index (χ0v) is 23.9. The van der Waals surface area contributed by atoms with Gasteiger partial charge in [-0.2, -0.15) is 5.23 Å². The topological polar surface area (TPSA) is 139 Å². The number of carbonyl (C=O) groups excluding carboxylic acids is 1. The number of nitrogens with zero attached hydrogens (tertiary/aromatic N) is 2.